The normalized spacial score (nSPS) is 12.3. The van der Waals surface area contributed by atoms with Gasteiger partial charge in [-0.15, -0.1) is 11.3 Å². The van der Waals surface area contributed by atoms with Gasteiger partial charge in [0.1, 0.15) is 0 Å². The van der Waals surface area contributed by atoms with Crippen molar-refractivity contribution in [3.63, 3.8) is 0 Å². The van der Waals surface area contributed by atoms with Crippen LogP contribution >= 0.6 is 11.3 Å². The maximum absolute atomic E-state index is 12.4. The molecule has 0 saturated heterocycles. The van der Waals surface area contributed by atoms with Crippen molar-refractivity contribution in [3.05, 3.63) is 59.0 Å². The van der Waals surface area contributed by atoms with Crippen molar-refractivity contribution < 1.29 is 4.79 Å². The molecular formula is C18H19N3OS. The minimum Gasteiger partial charge on any atom is -0.330 e. The number of carbonyl (C=O) groups excluding carboxylic acids is 1. The maximum atomic E-state index is 12.4. The molecule has 0 fully saturated rings. The summed E-state index contributed by atoms with van der Waals surface area (Å²) in [4.78, 5) is 17.7. The Labute approximate surface area is 139 Å². The van der Waals surface area contributed by atoms with Crippen LogP contribution in [0.15, 0.2) is 54.2 Å². The first kappa shape index (κ1) is 15.5. The third-order valence-electron chi connectivity index (χ3n) is 3.73. The van der Waals surface area contributed by atoms with Gasteiger partial charge in [0.15, 0.2) is 0 Å². The molecule has 0 aliphatic heterocycles. The highest BCUT2D eigenvalue weighted by atomic mass is 32.1. The number of pyridine rings is 1. The van der Waals surface area contributed by atoms with E-state index in [1.54, 1.807) is 23.7 Å². The number of rotatable bonds is 4. The van der Waals surface area contributed by atoms with Gasteiger partial charge in [0.25, 0.3) is 0 Å². The molecule has 0 unspecified atom stereocenters. The second kappa shape index (κ2) is 6.79. The molecule has 3 rings (SSSR count). The van der Waals surface area contributed by atoms with Crippen LogP contribution in [0.5, 0.6) is 0 Å². The SMILES string of the molecule is CC(C)[C@H](NC(=O)Nc1cccc2cnccc12)c1cccs1. The highest BCUT2D eigenvalue weighted by molar-refractivity contribution is 7.10. The summed E-state index contributed by atoms with van der Waals surface area (Å²) < 4.78 is 0. The fourth-order valence-corrected chi connectivity index (χ4v) is 3.51. The average molecular weight is 325 g/mol. The van der Waals surface area contributed by atoms with E-state index >= 15 is 0 Å². The molecule has 118 valence electrons. The van der Waals surface area contributed by atoms with Gasteiger partial charge in [-0.25, -0.2) is 4.79 Å². The number of hydrogen-bond donors (Lipinski definition) is 2. The van der Waals surface area contributed by atoms with Crippen LogP contribution in [-0.4, -0.2) is 11.0 Å². The van der Waals surface area contributed by atoms with Crippen LogP contribution in [0.1, 0.15) is 24.8 Å². The monoisotopic (exact) mass is 325 g/mol. The van der Waals surface area contributed by atoms with Crippen molar-refractivity contribution in [1.29, 1.82) is 0 Å². The molecule has 2 amide bonds. The quantitative estimate of drug-likeness (QED) is 0.723. The van der Waals surface area contributed by atoms with Gasteiger partial charge in [0, 0.05) is 28.0 Å². The number of fused-ring (bicyclic) bond motifs is 1. The molecule has 0 saturated carbocycles. The number of nitrogens with zero attached hydrogens (tertiary/aromatic N) is 1. The minimum atomic E-state index is -0.193. The molecule has 5 heteroatoms. The molecule has 0 aliphatic carbocycles. The van der Waals surface area contributed by atoms with E-state index in [0.717, 1.165) is 21.3 Å². The Morgan fingerprint density at radius 3 is 2.78 bits per heavy atom. The number of hydrogen-bond acceptors (Lipinski definition) is 3. The van der Waals surface area contributed by atoms with Crippen LogP contribution in [0.4, 0.5) is 10.5 Å². The van der Waals surface area contributed by atoms with Gasteiger partial charge in [0.2, 0.25) is 0 Å². The first-order valence-electron chi connectivity index (χ1n) is 7.59. The van der Waals surface area contributed by atoms with Crippen molar-refractivity contribution >= 4 is 33.8 Å². The zero-order valence-electron chi connectivity index (χ0n) is 13.1. The summed E-state index contributed by atoms with van der Waals surface area (Å²) in [5.74, 6) is 0.316. The third kappa shape index (κ3) is 3.51. The Morgan fingerprint density at radius 2 is 2.04 bits per heavy atom. The van der Waals surface area contributed by atoms with Gasteiger partial charge < -0.3 is 10.6 Å². The lowest BCUT2D eigenvalue weighted by atomic mass is 10.0. The number of carbonyl (C=O) groups is 1. The van der Waals surface area contributed by atoms with Crippen LogP contribution in [0, 0.1) is 5.92 Å². The van der Waals surface area contributed by atoms with Crippen LogP contribution in [0.3, 0.4) is 0 Å². The molecule has 1 aromatic carbocycles. The number of amides is 2. The fraction of sp³-hybridized carbons (Fsp3) is 0.222. The van der Waals surface area contributed by atoms with Gasteiger partial charge in [-0.2, -0.15) is 0 Å². The summed E-state index contributed by atoms with van der Waals surface area (Å²) in [6.07, 6.45) is 3.52. The lowest BCUT2D eigenvalue weighted by Crippen LogP contribution is -2.34. The second-order valence-corrected chi connectivity index (χ2v) is 6.72. The van der Waals surface area contributed by atoms with E-state index in [1.165, 1.54) is 0 Å². The van der Waals surface area contributed by atoms with Crippen molar-refractivity contribution in [2.45, 2.75) is 19.9 Å². The molecule has 23 heavy (non-hydrogen) atoms. The minimum absolute atomic E-state index is 0.00615. The Hall–Kier alpha value is -2.40. The van der Waals surface area contributed by atoms with Crippen molar-refractivity contribution in [2.24, 2.45) is 5.92 Å². The number of benzene rings is 1. The molecule has 3 aromatic rings. The second-order valence-electron chi connectivity index (χ2n) is 5.74. The Morgan fingerprint density at radius 1 is 1.17 bits per heavy atom. The third-order valence-corrected chi connectivity index (χ3v) is 4.69. The highest BCUT2D eigenvalue weighted by Crippen LogP contribution is 2.26. The van der Waals surface area contributed by atoms with E-state index in [-0.39, 0.29) is 12.1 Å². The van der Waals surface area contributed by atoms with Crippen LogP contribution in [-0.2, 0) is 0 Å². The van der Waals surface area contributed by atoms with E-state index in [0.29, 0.717) is 5.92 Å². The molecular weight excluding hydrogens is 306 g/mol. The molecule has 1 atom stereocenters. The summed E-state index contributed by atoms with van der Waals surface area (Å²) in [5, 5.41) is 10.1. The summed E-state index contributed by atoms with van der Waals surface area (Å²) in [7, 11) is 0. The molecule has 2 heterocycles. The predicted octanol–water partition coefficient (Wildman–Crippen LogP) is 4.82. The van der Waals surface area contributed by atoms with Gasteiger partial charge in [-0.1, -0.05) is 32.0 Å². The predicted molar refractivity (Wildman–Crippen MR) is 95.8 cm³/mol. The van der Waals surface area contributed by atoms with Gasteiger partial charge in [-0.05, 0) is 29.5 Å². The average Bonchev–Trinajstić information content (AvgIpc) is 3.07. The maximum Gasteiger partial charge on any atom is 0.319 e. The number of urea groups is 1. The fourth-order valence-electron chi connectivity index (χ4n) is 2.57. The van der Waals surface area contributed by atoms with Crippen molar-refractivity contribution in [2.75, 3.05) is 5.32 Å². The Kier molecular flexibility index (Phi) is 4.57. The first-order chi connectivity index (χ1) is 11.1. The Balaban J connectivity index is 1.78. The summed E-state index contributed by atoms with van der Waals surface area (Å²) in [6.45, 7) is 4.21. The van der Waals surface area contributed by atoms with Crippen LogP contribution in [0.2, 0.25) is 0 Å². The summed E-state index contributed by atoms with van der Waals surface area (Å²) in [6, 6.07) is 11.6. The largest absolute Gasteiger partial charge is 0.330 e. The molecule has 0 bridgehead atoms. The Bertz CT molecular complexity index is 794. The smallest absolute Gasteiger partial charge is 0.319 e. The van der Waals surface area contributed by atoms with E-state index in [1.807, 2.05) is 35.7 Å². The molecule has 4 nitrogen and oxygen atoms in total. The zero-order chi connectivity index (χ0) is 16.2. The van der Waals surface area contributed by atoms with Crippen LogP contribution < -0.4 is 10.6 Å². The van der Waals surface area contributed by atoms with Crippen molar-refractivity contribution in [1.82, 2.24) is 10.3 Å². The molecule has 0 radical (unpaired) electrons. The summed E-state index contributed by atoms with van der Waals surface area (Å²) in [5.41, 5.74) is 0.788. The highest BCUT2D eigenvalue weighted by Gasteiger charge is 2.19. The van der Waals surface area contributed by atoms with Crippen LogP contribution in [0.25, 0.3) is 10.8 Å². The number of aromatic nitrogens is 1. The molecule has 0 aliphatic rings. The van der Waals surface area contributed by atoms with Gasteiger partial charge in [0.05, 0.1) is 11.7 Å². The zero-order valence-corrected chi connectivity index (χ0v) is 13.9. The van der Waals surface area contributed by atoms with E-state index in [2.05, 4.69) is 35.5 Å². The molecule has 0 spiro atoms. The van der Waals surface area contributed by atoms with E-state index < -0.39 is 0 Å². The number of thiophene rings is 1. The van der Waals surface area contributed by atoms with Crippen molar-refractivity contribution in [3.8, 4) is 0 Å². The van der Waals surface area contributed by atoms with E-state index in [9.17, 15) is 4.79 Å². The molecule has 2 aromatic heterocycles. The van der Waals surface area contributed by atoms with Gasteiger partial charge in [-0.3, -0.25) is 4.98 Å². The standard InChI is InChI=1S/C18H19N3OS/c1-12(2)17(16-7-4-10-23-16)21-18(22)20-15-6-3-5-13-11-19-9-8-14(13)15/h3-12,17H,1-2H3,(H2,20,21,22)/t17-/m0/s1. The lowest BCUT2D eigenvalue weighted by Gasteiger charge is -2.21. The molecule has 2 N–H and O–H groups in total. The first-order valence-corrected chi connectivity index (χ1v) is 8.47. The lowest BCUT2D eigenvalue weighted by molar-refractivity contribution is 0.245. The number of anilines is 1. The topological polar surface area (TPSA) is 54.0 Å². The number of nitrogens with one attached hydrogen (secondary N) is 2. The van der Waals surface area contributed by atoms with E-state index in [4.69, 9.17) is 0 Å². The summed E-state index contributed by atoms with van der Waals surface area (Å²) >= 11 is 1.66. The van der Waals surface area contributed by atoms with Gasteiger partial charge >= 0.3 is 6.03 Å².